The Hall–Kier alpha value is -4.62. The lowest BCUT2D eigenvalue weighted by molar-refractivity contribution is -0.301. The Morgan fingerprint density at radius 3 is 1.16 bits per heavy atom. The van der Waals surface area contributed by atoms with Crippen LogP contribution in [0.1, 0.15) is 265 Å². The van der Waals surface area contributed by atoms with Crippen molar-refractivity contribution in [1.29, 1.82) is 0 Å². The summed E-state index contributed by atoms with van der Waals surface area (Å²) < 4.78 is 28.5. The number of hydrogen-bond donors (Lipinski definition) is 3. The molecule has 0 aromatic rings. The van der Waals surface area contributed by atoms with Crippen molar-refractivity contribution < 1.29 is 58.2 Å². The molecule has 0 radical (unpaired) electrons. The molecule has 1 heterocycles. The number of unbranched alkanes of at least 4 members (excludes halogenated alkanes) is 23. The Balaban J connectivity index is 2.68. The van der Waals surface area contributed by atoms with Crippen LogP contribution in [-0.4, -0.2) is 89.2 Å². The second-order valence-corrected chi connectivity index (χ2v) is 22.0. The van der Waals surface area contributed by atoms with Crippen molar-refractivity contribution in [2.45, 2.75) is 302 Å². The van der Waals surface area contributed by atoms with E-state index in [0.717, 1.165) is 186 Å². The van der Waals surface area contributed by atoms with Gasteiger partial charge in [-0.2, -0.15) is 0 Å². The van der Waals surface area contributed by atoms with Crippen LogP contribution >= 0.6 is 0 Å². The number of carboxylic acid groups (broad SMARTS) is 1. The predicted molar refractivity (Wildman–Crippen MR) is 340 cm³/mol. The number of hydrogen-bond acceptors (Lipinski definition) is 11. The molecule has 83 heavy (non-hydrogen) atoms. The zero-order valence-electron chi connectivity index (χ0n) is 52.2. The maximum Gasteiger partial charge on any atom is 0.335 e. The summed E-state index contributed by atoms with van der Waals surface area (Å²) in [6, 6.07) is 0. The molecule has 1 fully saturated rings. The first-order valence-electron chi connectivity index (χ1n) is 32.9. The van der Waals surface area contributed by atoms with Gasteiger partial charge < -0.3 is 39.0 Å². The minimum Gasteiger partial charge on any atom is -0.479 e. The maximum atomic E-state index is 13.2. The number of carbonyl (C=O) groups is 4. The fourth-order valence-corrected chi connectivity index (χ4v) is 9.34. The summed E-state index contributed by atoms with van der Waals surface area (Å²) in [5, 5.41) is 31.6. The third kappa shape index (κ3) is 47.3. The molecule has 472 valence electrons. The highest BCUT2D eigenvalue weighted by Gasteiger charge is 2.50. The van der Waals surface area contributed by atoms with Gasteiger partial charge in [-0.3, -0.25) is 14.4 Å². The normalized spacial score (nSPS) is 18.3. The molecule has 1 rings (SSSR count). The first-order chi connectivity index (χ1) is 40.6. The van der Waals surface area contributed by atoms with Gasteiger partial charge in [-0.25, -0.2) is 4.79 Å². The third-order valence-electron chi connectivity index (χ3n) is 14.3. The molecule has 6 unspecified atom stereocenters. The molecule has 0 bridgehead atoms. The maximum absolute atomic E-state index is 13.2. The Labute approximate surface area is 504 Å². The van der Waals surface area contributed by atoms with Gasteiger partial charge >= 0.3 is 23.9 Å². The Kier molecular flexibility index (Phi) is 53.2. The highest BCUT2D eigenvalue weighted by Crippen LogP contribution is 2.26. The van der Waals surface area contributed by atoms with Gasteiger partial charge in [-0.1, -0.05) is 233 Å². The van der Waals surface area contributed by atoms with Crippen LogP contribution in [-0.2, 0) is 42.9 Å². The van der Waals surface area contributed by atoms with E-state index in [0.29, 0.717) is 19.3 Å². The molecule has 0 saturated carbocycles. The molecule has 12 nitrogen and oxygen atoms in total. The van der Waals surface area contributed by atoms with Crippen molar-refractivity contribution >= 4 is 23.9 Å². The summed E-state index contributed by atoms with van der Waals surface area (Å²) in [5.41, 5.74) is 0. The minimum absolute atomic E-state index is 0.0422. The summed E-state index contributed by atoms with van der Waals surface area (Å²) in [6.45, 7) is 5.74. The molecule has 1 saturated heterocycles. The van der Waals surface area contributed by atoms with Gasteiger partial charge in [-0.05, 0) is 122 Å². The number of aliphatic carboxylic acids is 1. The van der Waals surface area contributed by atoms with E-state index < -0.39 is 67.3 Å². The molecule has 0 aromatic carbocycles. The topological polar surface area (TPSA) is 175 Å². The molecule has 0 aromatic heterocycles. The Morgan fingerprint density at radius 2 is 0.759 bits per heavy atom. The number of carboxylic acids is 1. The van der Waals surface area contributed by atoms with Crippen LogP contribution in [0, 0.1) is 0 Å². The van der Waals surface area contributed by atoms with E-state index in [2.05, 4.69) is 130 Å². The number of rotatable bonds is 55. The van der Waals surface area contributed by atoms with E-state index >= 15 is 0 Å². The zero-order valence-corrected chi connectivity index (χ0v) is 52.2. The summed E-state index contributed by atoms with van der Waals surface area (Å²) in [5.74, 6) is -3.16. The largest absolute Gasteiger partial charge is 0.479 e. The van der Waals surface area contributed by atoms with E-state index in [1.54, 1.807) is 0 Å². The first kappa shape index (κ1) is 76.4. The molecule has 12 heteroatoms. The van der Waals surface area contributed by atoms with Crippen LogP contribution < -0.4 is 0 Å². The second kappa shape index (κ2) is 57.8. The van der Waals surface area contributed by atoms with Gasteiger partial charge in [0.25, 0.3) is 0 Å². The number of esters is 3. The van der Waals surface area contributed by atoms with Crippen molar-refractivity contribution in [3.8, 4) is 0 Å². The fourth-order valence-electron chi connectivity index (χ4n) is 9.34. The van der Waals surface area contributed by atoms with E-state index in [1.807, 2.05) is 0 Å². The van der Waals surface area contributed by atoms with Gasteiger partial charge in [0.15, 0.2) is 24.6 Å². The molecule has 0 spiro atoms. The van der Waals surface area contributed by atoms with Gasteiger partial charge in [0, 0.05) is 19.3 Å². The van der Waals surface area contributed by atoms with Crippen LogP contribution in [0.5, 0.6) is 0 Å². The molecule has 0 aliphatic carbocycles. The summed E-state index contributed by atoms with van der Waals surface area (Å²) in [6.07, 6.45) is 66.0. The lowest BCUT2D eigenvalue weighted by Crippen LogP contribution is -2.61. The molecule has 1 aliphatic heterocycles. The Bertz CT molecular complexity index is 1860. The monoisotopic (exact) mass is 1160 g/mol. The average molecular weight is 1160 g/mol. The van der Waals surface area contributed by atoms with Crippen molar-refractivity contribution in [2.24, 2.45) is 0 Å². The number of ether oxygens (including phenoxy) is 5. The molecule has 1 aliphatic rings. The van der Waals surface area contributed by atoms with Gasteiger partial charge in [0.05, 0.1) is 6.61 Å². The van der Waals surface area contributed by atoms with Crippen molar-refractivity contribution in [3.05, 3.63) is 109 Å². The summed E-state index contributed by atoms with van der Waals surface area (Å²) in [7, 11) is 0. The number of allylic oxidation sites excluding steroid dienone is 18. The lowest BCUT2D eigenvalue weighted by Gasteiger charge is -2.40. The Morgan fingerprint density at radius 1 is 0.410 bits per heavy atom. The third-order valence-corrected chi connectivity index (χ3v) is 14.3. The molecular weight excluding hydrogens is 1040 g/mol. The first-order valence-corrected chi connectivity index (χ1v) is 32.9. The van der Waals surface area contributed by atoms with E-state index in [-0.39, 0.29) is 25.9 Å². The van der Waals surface area contributed by atoms with Crippen molar-refractivity contribution in [2.75, 3.05) is 13.2 Å². The summed E-state index contributed by atoms with van der Waals surface area (Å²) >= 11 is 0. The quantitative estimate of drug-likeness (QED) is 0.0228. The van der Waals surface area contributed by atoms with Crippen molar-refractivity contribution in [3.63, 3.8) is 0 Å². The fraction of sp³-hybridized carbons (Fsp3) is 0.690. The molecular formula is C71H116O12. The lowest BCUT2D eigenvalue weighted by atomic mass is 9.98. The van der Waals surface area contributed by atoms with Crippen LogP contribution in [0.25, 0.3) is 0 Å². The average Bonchev–Trinajstić information content (AvgIpc) is 3.59. The highest BCUT2D eigenvalue weighted by molar-refractivity contribution is 5.74. The van der Waals surface area contributed by atoms with Gasteiger partial charge in [0.2, 0.25) is 0 Å². The molecule has 0 amide bonds. The van der Waals surface area contributed by atoms with Crippen molar-refractivity contribution in [1.82, 2.24) is 0 Å². The van der Waals surface area contributed by atoms with Crippen LogP contribution in [0.2, 0.25) is 0 Å². The zero-order chi connectivity index (χ0) is 60.3. The van der Waals surface area contributed by atoms with E-state index in [1.165, 1.54) is 19.3 Å². The predicted octanol–water partition coefficient (Wildman–Crippen LogP) is 17.8. The summed E-state index contributed by atoms with van der Waals surface area (Å²) in [4.78, 5) is 51.4. The van der Waals surface area contributed by atoms with Gasteiger partial charge in [-0.15, -0.1) is 0 Å². The van der Waals surface area contributed by atoms with Crippen LogP contribution in [0.15, 0.2) is 109 Å². The van der Waals surface area contributed by atoms with Crippen LogP contribution in [0.3, 0.4) is 0 Å². The standard InChI is InChI=1S/C71H116O12/c1-4-7-10-13-16-19-22-25-28-31-32-35-36-39-42-45-48-51-54-57-63(72)79-60-62(81-64(73)58-55-52-49-46-43-40-37-33-29-26-23-20-17-14-11-8-5-2)61-80-71-69(67(76)66(75)68(83-71)70(77)78)82-65(74)59-56-53-50-47-44-41-38-34-30-27-24-21-18-15-12-9-6-3/h7,9-10,12,16-21,25-30,32,35,62,66-69,71,75-76H,4-6,8,11,13-15,22-24,31,33-34,36-61H2,1-3H3,(H,77,78)/b10-7-,12-9-,19-16-,20-17-,21-18-,28-25-,29-26-,30-27-,35-32-. The number of carbonyl (C=O) groups excluding carboxylic acids is 3. The minimum atomic E-state index is -1.92. The smallest absolute Gasteiger partial charge is 0.335 e. The van der Waals surface area contributed by atoms with E-state index in [4.69, 9.17) is 23.7 Å². The van der Waals surface area contributed by atoms with Gasteiger partial charge in [0.1, 0.15) is 18.8 Å². The molecule has 3 N–H and O–H groups in total. The SMILES string of the molecule is CC/C=C\C/C=C\C/C=C\C/C=C\CCCCCCCCC(=O)OCC(COC1OC(C(=O)O)C(O)C(O)C1OC(=O)CCCCCCCCC/C=C\C/C=C\C/C=C\CC)OC(=O)CCCCCCCCC/C=C\C/C=C\CCCCC. The van der Waals surface area contributed by atoms with E-state index in [9.17, 15) is 34.5 Å². The second-order valence-electron chi connectivity index (χ2n) is 22.0. The number of aliphatic hydroxyl groups excluding tert-OH is 2. The number of aliphatic hydroxyl groups is 2. The highest BCUT2D eigenvalue weighted by atomic mass is 16.7. The molecule has 6 atom stereocenters. The van der Waals surface area contributed by atoms with Crippen LogP contribution in [0.4, 0.5) is 0 Å².